The third-order valence-corrected chi connectivity index (χ3v) is 7.42. The Bertz CT molecular complexity index is 915. The third kappa shape index (κ3) is 5.04. The van der Waals surface area contributed by atoms with Gasteiger partial charge in [-0.3, -0.25) is 4.90 Å². The Kier molecular flexibility index (Phi) is 6.48. The number of likely N-dealkylation sites (N-methyl/N-ethyl adjacent to an activating group) is 1. The Hall–Kier alpha value is -2.13. The molecule has 4 rings (SSSR count). The molecule has 0 radical (unpaired) electrons. The van der Waals surface area contributed by atoms with Crippen LogP contribution in [0.4, 0.5) is 19.0 Å². The van der Waals surface area contributed by atoms with Crippen molar-refractivity contribution in [3.8, 4) is 0 Å². The van der Waals surface area contributed by atoms with E-state index in [4.69, 9.17) is 11.1 Å². The van der Waals surface area contributed by atoms with E-state index in [1.54, 1.807) is 6.08 Å². The molecule has 6 nitrogen and oxygen atoms in total. The van der Waals surface area contributed by atoms with E-state index >= 15 is 0 Å². The molecule has 5 atom stereocenters. The number of allylic oxidation sites excluding steroid dienone is 2. The summed E-state index contributed by atoms with van der Waals surface area (Å²) in [5, 5.41) is 11.9. The van der Waals surface area contributed by atoms with Gasteiger partial charge in [0.05, 0.1) is 11.3 Å². The fourth-order valence-electron chi connectivity index (χ4n) is 5.90. The molecule has 2 aliphatic carbocycles. The molecule has 3 aliphatic rings. The van der Waals surface area contributed by atoms with Gasteiger partial charge in [-0.05, 0) is 64.6 Å². The lowest BCUT2D eigenvalue weighted by atomic mass is 9.99. The van der Waals surface area contributed by atoms with Crippen molar-refractivity contribution in [3.05, 3.63) is 35.2 Å². The zero-order valence-electron chi connectivity index (χ0n) is 19.8. The predicted octanol–water partition coefficient (Wildman–Crippen LogP) is 3.59. The Morgan fingerprint density at radius 3 is 2.52 bits per heavy atom. The van der Waals surface area contributed by atoms with Crippen molar-refractivity contribution in [2.24, 2.45) is 17.8 Å². The molecule has 1 aliphatic heterocycles. The Labute approximate surface area is 193 Å². The van der Waals surface area contributed by atoms with Gasteiger partial charge in [0.1, 0.15) is 5.82 Å². The predicted molar refractivity (Wildman–Crippen MR) is 124 cm³/mol. The van der Waals surface area contributed by atoms with Crippen molar-refractivity contribution in [1.29, 1.82) is 5.41 Å². The summed E-state index contributed by atoms with van der Waals surface area (Å²) < 4.78 is 39.7. The first-order valence-electron chi connectivity index (χ1n) is 11.8. The Morgan fingerprint density at radius 1 is 1.27 bits per heavy atom. The molecule has 3 fully saturated rings. The van der Waals surface area contributed by atoms with E-state index in [9.17, 15) is 13.2 Å². The van der Waals surface area contributed by atoms with Crippen LogP contribution in [0.3, 0.4) is 0 Å². The van der Waals surface area contributed by atoms with Gasteiger partial charge in [0, 0.05) is 61.1 Å². The van der Waals surface area contributed by atoms with Gasteiger partial charge < -0.3 is 21.4 Å². The standard InChI is InChI=1S/C24H35F3N6/c1-13(2)31-21(10-20(28)15-7-19(24(25,26)27)23(29)30-11-15)22-17-8-16(9-18(17)22)33-6-5-32(4)12-14(33)3/h7,10-11,13-14,16-18,22,28,31H,5-6,8-9,12H2,1-4H3,(H2,29,30)/b21-10-,28-20?/t14-,16-,17+,18-,22-/m0/s1. The molecule has 33 heavy (non-hydrogen) atoms. The SMILES string of the molecule is CC(C)N/C(=C\C(=N)c1cnc(N)c(C(F)(F)F)c1)[C@H]1[C@@H]2C[C@H](N3CCN(C)C[C@@H]3C)C[C@@H]21. The number of piperazine rings is 1. The van der Waals surface area contributed by atoms with E-state index in [-0.39, 0.29) is 17.3 Å². The van der Waals surface area contributed by atoms with Gasteiger partial charge in [0.15, 0.2) is 0 Å². The average Bonchev–Trinajstić information content (AvgIpc) is 3.20. The van der Waals surface area contributed by atoms with Crippen molar-refractivity contribution in [2.45, 2.75) is 57.9 Å². The number of hydrogen-bond donors (Lipinski definition) is 3. The summed E-state index contributed by atoms with van der Waals surface area (Å²) in [5.74, 6) is 0.921. The lowest BCUT2D eigenvalue weighted by molar-refractivity contribution is -0.137. The number of nitrogen functional groups attached to an aromatic ring is 1. The van der Waals surface area contributed by atoms with Gasteiger partial charge in [-0.15, -0.1) is 0 Å². The summed E-state index contributed by atoms with van der Waals surface area (Å²) >= 11 is 0. The number of nitrogens with zero attached hydrogens (tertiary/aromatic N) is 3. The van der Waals surface area contributed by atoms with Gasteiger partial charge in [0.25, 0.3) is 0 Å². The average molecular weight is 465 g/mol. The Morgan fingerprint density at radius 2 is 1.94 bits per heavy atom. The van der Waals surface area contributed by atoms with E-state index < -0.39 is 17.6 Å². The number of nitrogens with two attached hydrogens (primary N) is 1. The number of alkyl halides is 3. The minimum Gasteiger partial charge on any atom is -0.386 e. The fourth-order valence-corrected chi connectivity index (χ4v) is 5.90. The second-order valence-corrected chi connectivity index (χ2v) is 10.3. The molecular weight excluding hydrogens is 429 g/mol. The zero-order chi connectivity index (χ0) is 24.1. The molecule has 0 aromatic carbocycles. The third-order valence-electron chi connectivity index (χ3n) is 7.42. The molecule has 182 valence electrons. The van der Waals surface area contributed by atoms with Crippen LogP contribution in [-0.4, -0.2) is 65.3 Å². The van der Waals surface area contributed by atoms with Gasteiger partial charge >= 0.3 is 6.18 Å². The molecule has 0 bridgehead atoms. The van der Waals surface area contributed by atoms with E-state index in [1.807, 2.05) is 13.8 Å². The van der Waals surface area contributed by atoms with Gasteiger partial charge in [0.2, 0.25) is 0 Å². The van der Waals surface area contributed by atoms with Crippen LogP contribution in [0.1, 0.15) is 44.7 Å². The van der Waals surface area contributed by atoms with E-state index in [0.717, 1.165) is 44.2 Å². The second kappa shape index (κ2) is 8.91. The molecule has 9 heteroatoms. The van der Waals surface area contributed by atoms with Gasteiger partial charge in [-0.1, -0.05) is 0 Å². The maximum Gasteiger partial charge on any atom is 0.419 e. The van der Waals surface area contributed by atoms with Crippen molar-refractivity contribution in [1.82, 2.24) is 20.1 Å². The van der Waals surface area contributed by atoms with Crippen molar-refractivity contribution < 1.29 is 13.2 Å². The van der Waals surface area contributed by atoms with Crippen molar-refractivity contribution in [2.75, 3.05) is 32.4 Å². The number of anilines is 1. The number of aromatic nitrogens is 1. The molecule has 2 heterocycles. The summed E-state index contributed by atoms with van der Waals surface area (Å²) in [4.78, 5) is 8.72. The summed E-state index contributed by atoms with van der Waals surface area (Å²) in [6, 6.07) is 2.26. The van der Waals surface area contributed by atoms with E-state index in [1.165, 1.54) is 6.20 Å². The quantitative estimate of drug-likeness (QED) is 0.561. The Balaban J connectivity index is 1.48. The smallest absolute Gasteiger partial charge is 0.386 e. The van der Waals surface area contributed by atoms with Crippen LogP contribution in [0.5, 0.6) is 0 Å². The minimum absolute atomic E-state index is 0.0189. The van der Waals surface area contributed by atoms with Crippen LogP contribution >= 0.6 is 0 Å². The van der Waals surface area contributed by atoms with Crippen molar-refractivity contribution in [3.63, 3.8) is 0 Å². The molecule has 1 saturated heterocycles. The van der Waals surface area contributed by atoms with Crippen molar-refractivity contribution >= 4 is 11.5 Å². The fraction of sp³-hybridized carbons (Fsp3) is 0.667. The van der Waals surface area contributed by atoms with Crippen LogP contribution in [0.15, 0.2) is 24.0 Å². The summed E-state index contributed by atoms with van der Waals surface area (Å²) in [6.45, 7) is 9.69. The number of pyridine rings is 1. The normalized spacial score (nSPS) is 31.0. The lowest BCUT2D eigenvalue weighted by Crippen LogP contribution is -2.54. The first kappa shape index (κ1) is 24.0. The monoisotopic (exact) mass is 464 g/mol. The maximum absolute atomic E-state index is 13.2. The summed E-state index contributed by atoms with van der Waals surface area (Å²) in [5.41, 5.74) is 5.52. The number of nitrogens with one attached hydrogen (secondary N) is 2. The molecule has 2 saturated carbocycles. The first-order chi connectivity index (χ1) is 15.5. The number of hydrogen-bond acceptors (Lipinski definition) is 6. The van der Waals surface area contributed by atoms with Crippen LogP contribution in [0, 0.1) is 23.2 Å². The topological polar surface area (TPSA) is 81.3 Å². The molecule has 4 N–H and O–H groups in total. The molecular formula is C24H35F3N6. The number of rotatable bonds is 6. The second-order valence-electron chi connectivity index (χ2n) is 10.3. The van der Waals surface area contributed by atoms with Crippen LogP contribution in [-0.2, 0) is 6.18 Å². The van der Waals surface area contributed by atoms with Gasteiger partial charge in [-0.25, -0.2) is 4.98 Å². The van der Waals surface area contributed by atoms with Gasteiger partial charge in [-0.2, -0.15) is 13.2 Å². The molecule has 1 aromatic rings. The first-order valence-corrected chi connectivity index (χ1v) is 11.8. The van der Waals surface area contributed by atoms with E-state index in [2.05, 4.69) is 34.1 Å². The molecule has 0 spiro atoms. The van der Waals surface area contributed by atoms with Crippen LogP contribution in [0.25, 0.3) is 0 Å². The highest BCUT2D eigenvalue weighted by Gasteiger charge is 2.58. The largest absolute Gasteiger partial charge is 0.419 e. The lowest BCUT2D eigenvalue weighted by Gasteiger charge is -2.42. The summed E-state index contributed by atoms with van der Waals surface area (Å²) in [7, 11) is 2.17. The maximum atomic E-state index is 13.2. The number of fused-ring (bicyclic) bond motifs is 1. The number of halogens is 3. The highest BCUT2D eigenvalue weighted by Crippen LogP contribution is 2.61. The van der Waals surface area contributed by atoms with E-state index in [0.29, 0.717) is 29.8 Å². The molecule has 0 unspecified atom stereocenters. The van der Waals surface area contributed by atoms with Crippen LogP contribution < -0.4 is 11.1 Å². The zero-order valence-corrected chi connectivity index (χ0v) is 19.8. The molecule has 1 aromatic heterocycles. The minimum atomic E-state index is -4.60. The van der Waals surface area contributed by atoms with Crippen LogP contribution in [0.2, 0.25) is 0 Å². The summed E-state index contributed by atoms with van der Waals surface area (Å²) in [6.07, 6.45) is 0.642. The highest BCUT2D eigenvalue weighted by molar-refractivity contribution is 6.07. The highest BCUT2D eigenvalue weighted by atomic mass is 19.4. The molecule has 0 amide bonds.